The molecule has 2 heteroatoms. The van der Waals surface area contributed by atoms with E-state index in [-0.39, 0.29) is 5.78 Å². The minimum absolute atomic E-state index is 0.118. The Bertz CT molecular complexity index is 296. The number of allylic oxidation sites excluding steroid dienone is 4. The van der Waals surface area contributed by atoms with Gasteiger partial charge in [0.15, 0.2) is 0 Å². The number of aliphatic imine (C=N–C) groups is 1. The molecule has 0 aliphatic rings. The quantitative estimate of drug-likeness (QED) is 0.395. The summed E-state index contributed by atoms with van der Waals surface area (Å²) < 4.78 is 0. The summed E-state index contributed by atoms with van der Waals surface area (Å²) in [6.45, 7) is 14.8. The van der Waals surface area contributed by atoms with Gasteiger partial charge in [-0.3, -0.25) is 9.79 Å². The summed E-state index contributed by atoms with van der Waals surface area (Å²) in [7, 11) is 1.58. The van der Waals surface area contributed by atoms with Crippen LogP contribution in [0.5, 0.6) is 0 Å². The predicted molar refractivity (Wildman–Crippen MR) is 68.5 cm³/mol. The van der Waals surface area contributed by atoms with E-state index in [0.29, 0.717) is 16.9 Å². The predicted octanol–water partition coefficient (Wildman–Crippen LogP) is 3.36. The molecule has 0 rings (SSSR count). The Morgan fingerprint density at radius 3 is 2.00 bits per heavy atom. The van der Waals surface area contributed by atoms with Crippen molar-refractivity contribution in [3.63, 3.8) is 0 Å². The van der Waals surface area contributed by atoms with Gasteiger partial charge in [-0.05, 0) is 19.4 Å². The maximum absolute atomic E-state index is 11.6. The van der Waals surface area contributed by atoms with Crippen molar-refractivity contribution in [2.75, 3.05) is 7.05 Å². The Labute approximate surface area is 93.1 Å². The first-order valence-electron chi connectivity index (χ1n) is 5.04. The van der Waals surface area contributed by atoms with Crippen molar-refractivity contribution in [3.05, 3.63) is 36.5 Å². The first kappa shape index (κ1) is 16.0. The van der Waals surface area contributed by atoms with Gasteiger partial charge in [0, 0.05) is 12.6 Å². The third kappa shape index (κ3) is 5.11. The van der Waals surface area contributed by atoms with Crippen LogP contribution in [-0.4, -0.2) is 18.5 Å². The first-order valence-corrected chi connectivity index (χ1v) is 5.04. The molecule has 0 aromatic rings. The van der Waals surface area contributed by atoms with E-state index in [1.165, 1.54) is 6.08 Å². The Balaban J connectivity index is 0. The molecule has 15 heavy (non-hydrogen) atoms. The van der Waals surface area contributed by atoms with Gasteiger partial charge in [0.2, 0.25) is 5.78 Å². The second kappa shape index (κ2) is 9.13. The van der Waals surface area contributed by atoms with Crippen LogP contribution in [0.2, 0.25) is 0 Å². The average Bonchev–Trinajstić information content (AvgIpc) is 2.23. The molecule has 0 heterocycles. The number of hydrogen-bond acceptors (Lipinski definition) is 2. The largest absolute Gasteiger partial charge is 0.287 e. The smallest absolute Gasteiger partial charge is 0.210 e. The number of carbonyl (C=O) groups excluding carboxylic acids is 1. The average molecular weight is 207 g/mol. The zero-order valence-corrected chi connectivity index (χ0v) is 10.4. The number of rotatable bonds is 4. The lowest BCUT2D eigenvalue weighted by Crippen LogP contribution is -2.16. The van der Waals surface area contributed by atoms with Gasteiger partial charge in [-0.1, -0.05) is 39.2 Å². The standard InChI is InChI=1S/C11H15NO.C2H6/c1-6-9(7-2)11(13)10(12-5)8(3)4;1-2/h6-7H,1,3H2,2,4-5H3;1-2H3/b9-7+,12-10?;. The van der Waals surface area contributed by atoms with Crippen molar-refractivity contribution in [1.29, 1.82) is 0 Å². The van der Waals surface area contributed by atoms with Crippen LogP contribution in [0.15, 0.2) is 41.4 Å². The normalized spacial score (nSPS) is 11.3. The van der Waals surface area contributed by atoms with Gasteiger partial charge < -0.3 is 0 Å². The van der Waals surface area contributed by atoms with Crippen molar-refractivity contribution >= 4 is 11.5 Å². The highest BCUT2D eigenvalue weighted by molar-refractivity contribution is 6.51. The van der Waals surface area contributed by atoms with Gasteiger partial charge in [0.05, 0.1) is 0 Å². The fourth-order valence-electron chi connectivity index (χ4n) is 0.965. The Kier molecular flexibility index (Phi) is 9.74. The fourth-order valence-corrected chi connectivity index (χ4v) is 0.965. The van der Waals surface area contributed by atoms with Gasteiger partial charge in [-0.2, -0.15) is 0 Å². The fraction of sp³-hybridized carbons (Fsp3) is 0.385. The molecule has 0 fully saturated rings. The number of carbonyl (C=O) groups is 1. The molecule has 0 aliphatic carbocycles. The van der Waals surface area contributed by atoms with Crippen LogP contribution < -0.4 is 0 Å². The summed E-state index contributed by atoms with van der Waals surface area (Å²) in [6, 6.07) is 0. The Hall–Kier alpha value is -1.44. The molecule has 0 unspecified atom stereocenters. The monoisotopic (exact) mass is 207 g/mol. The lowest BCUT2D eigenvalue weighted by molar-refractivity contribution is -0.109. The van der Waals surface area contributed by atoms with Crippen LogP contribution in [0.3, 0.4) is 0 Å². The molecule has 0 N–H and O–H groups in total. The molecule has 0 saturated carbocycles. The van der Waals surface area contributed by atoms with Crippen LogP contribution in [0.4, 0.5) is 0 Å². The number of ketones is 1. The molecule has 0 amide bonds. The van der Waals surface area contributed by atoms with Gasteiger partial charge in [-0.25, -0.2) is 0 Å². The lowest BCUT2D eigenvalue weighted by Gasteiger charge is -2.03. The van der Waals surface area contributed by atoms with Crippen molar-refractivity contribution in [2.24, 2.45) is 4.99 Å². The summed E-state index contributed by atoms with van der Waals surface area (Å²) in [5, 5.41) is 0. The van der Waals surface area contributed by atoms with Crippen molar-refractivity contribution in [3.8, 4) is 0 Å². The number of nitrogens with zero attached hydrogens (tertiary/aromatic N) is 1. The van der Waals surface area contributed by atoms with Gasteiger partial charge in [0.1, 0.15) is 5.71 Å². The van der Waals surface area contributed by atoms with Crippen LogP contribution >= 0.6 is 0 Å². The molecule has 2 nitrogen and oxygen atoms in total. The second-order valence-electron chi connectivity index (χ2n) is 2.63. The van der Waals surface area contributed by atoms with Crippen LogP contribution in [-0.2, 0) is 4.79 Å². The number of Topliss-reactive ketones (excluding diaryl/α,β-unsaturated/α-hetero) is 1. The topological polar surface area (TPSA) is 29.4 Å². The van der Waals surface area contributed by atoms with E-state index in [4.69, 9.17) is 0 Å². The summed E-state index contributed by atoms with van der Waals surface area (Å²) in [6.07, 6.45) is 3.24. The van der Waals surface area contributed by atoms with E-state index < -0.39 is 0 Å². The SMILES string of the molecule is C=C/C(=C\C)C(=O)C(=NC)C(=C)C.CC. The highest BCUT2D eigenvalue weighted by Gasteiger charge is 2.13. The third-order valence-electron chi connectivity index (χ3n) is 1.64. The molecule has 0 saturated heterocycles. The van der Waals surface area contributed by atoms with E-state index in [1.54, 1.807) is 27.0 Å². The summed E-state index contributed by atoms with van der Waals surface area (Å²) in [5.74, 6) is -0.118. The van der Waals surface area contributed by atoms with Gasteiger partial charge in [0.25, 0.3) is 0 Å². The van der Waals surface area contributed by atoms with Crippen molar-refractivity contribution < 1.29 is 4.79 Å². The van der Waals surface area contributed by atoms with Crippen LogP contribution in [0.25, 0.3) is 0 Å². The molecule has 0 aromatic carbocycles. The molecular formula is C13H21NO. The van der Waals surface area contributed by atoms with E-state index in [1.807, 2.05) is 13.8 Å². The molecule has 0 atom stereocenters. The second-order valence-corrected chi connectivity index (χ2v) is 2.63. The highest BCUT2D eigenvalue weighted by Crippen LogP contribution is 2.04. The summed E-state index contributed by atoms with van der Waals surface area (Å²) in [5.41, 5.74) is 1.64. The highest BCUT2D eigenvalue weighted by atomic mass is 16.1. The molecule has 0 aromatic heterocycles. The Morgan fingerprint density at radius 1 is 1.33 bits per heavy atom. The van der Waals surface area contributed by atoms with Crippen LogP contribution in [0, 0.1) is 0 Å². The summed E-state index contributed by atoms with van der Waals surface area (Å²) in [4.78, 5) is 15.5. The third-order valence-corrected chi connectivity index (χ3v) is 1.64. The maximum Gasteiger partial charge on any atom is 0.210 e. The van der Waals surface area contributed by atoms with Gasteiger partial charge >= 0.3 is 0 Å². The van der Waals surface area contributed by atoms with Crippen LogP contribution in [0.1, 0.15) is 27.7 Å². The van der Waals surface area contributed by atoms with E-state index in [2.05, 4.69) is 18.2 Å². The molecule has 0 bridgehead atoms. The Morgan fingerprint density at radius 2 is 1.80 bits per heavy atom. The zero-order valence-electron chi connectivity index (χ0n) is 10.4. The van der Waals surface area contributed by atoms with Gasteiger partial charge in [-0.15, -0.1) is 0 Å². The first-order chi connectivity index (χ1) is 7.08. The zero-order chi connectivity index (χ0) is 12.4. The van der Waals surface area contributed by atoms with E-state index >= 15 is 0 Å². The molecule has 0 aliphatic heterocycles. The molecular weight excluding hydrogens is 186 g/mol. The van der Waals surface area contributed by atoms with Crippen molar-refractivity contribution in [2.45, 2.75) is 27.7 Å². The van der Waals surface area contributed by atoms with Crippen molar-refractivity contribution in [1.82, 2.24) is 0 Å². The minimum Gasteiger partial charge on any atom is -0.287 e. The molecule has 0 spiro atoms. The molecule has 84 valence electrons. The lowest BCUT2D eigenvalue weighted by atomic mass is 10.0. The minimum atomic E-state index is -0.118. The van der Waals surface area contributed by atoms with E-state index in [9.17, 15) is 4.79 Å². The van der Waals surface area contributed by atoms with E-state index in [0.717, 1.165) is 0 Å². The maximum atomic E-state index is 11.6. The molecule has 0 radical (unpaired) electrons. The summed E-state index contributed by atoms with van der Waals surface area (Å²) >= 11 is 0. The number of hydrogen-bond donors (Lipinski definition) is 0.